The molecular formula is C16H19N3O4S. The van der Waals surface area contributed by atoms with Crippen molar-refractivity contribution in [3.63, 3.8) is 0 Å². The minimum absolute atomic E-state index is 0.133. The fourth-order valence-electron chi connectivity index (χ4n) is 1.90. The van der Waals surface area contributed by atoms with Crippen LogP contribution in [0.25, 0.3) is 0 Å². The monoisotopic (exact) mass is 349 g/mol. The highest BCUT2D eigenvalue weighted by molar-refractivity contribution is 7.88. The second-order valence-corrected chi connectivity index (χ2v) is 6.79. The smallest absolute Gasteiger partial charge is 0.319 e. The van der Waals surface area contributed by atoms with Gasteiger partial charge in [0.1, 0.15) is 5.76 Å². The normalized spacial score (nSPS) is 11.0. The Morgan fingerprint density at radius 2 is 1.96 bits per heavy atom. The topological polar surface area (TPSA) is 100 Å². The zero-order valence-electron chi connectivity index (χ0n) is 13.0. The molecule has 0 bridgehead atoms. The van der Waals surface area contributed by atoms with Gasteiger partial charge in [0.05, 0.1) is 18.6 Å². The first-order chi connectivity index (χ1) is 11.5. The SMILES string of the molecule is C=CCNS(=O)(=O)Cc1ccc(NC(=O)NCc2ccco2)cc1. The van der Waals surface area contributed by atoms with Gasteiger partial charge < -0.3 is 15.1 Å². The summed E-state index contributed by atoms with van der Waals surface area (Å²) in [6.45, 7) is 3.94. The number of anilines is 1. The molecule has 1 aromatic heterocycles. The lowest BCUT2D eigenvalue weighted by Gasteiger charge is -2.08. The predicted octanol–water partition coefficient (Wildman–Crippen LogP) is 2.21. The maximum absolute atomic E-state index is 11.8. The van der Waals surface area contributed by atoms with Gasteiger partial charge in [-0.25, -0.2) is 17.9 Å². The molecule has 1 heterocycles. The summed E-state index contributed by atoms with van der Waals surface area (Å²) in [5.41, 5.74) is 1.18. The maximum atomic E-state index is 11.8. The van der Waals surface area contributed by atoms with Gasteiger partial charge in [-0.05, 0) is 29.8 Å². The molecule has 0 saturated heterocycles. The maximum Gasteiger partial charge on any atom is 0.319 e. The van der Waals surface area contributed by atoms with E-state index in [-0.39, 0.29) is 24.9 Å². The van der Waals surface area contributed by atoms with Crippen molar-refractivity contribution in [3.8, 4) is 0 Å². The lowest BCUT2D eigenvalue weighted by molar-refractivity contribution is 0.251. The van der Waals surface area contributed by atoms with Gasteiger partial charge in [-0.1, -0.05) is 18.2 Å². The van der Waals surface area contributed by atoms with E-state index in [0.717, 1.165) is 0 Å². The molecule has 0 unspecified atom stereocenters. The third-order valence-corrected chi connectivity index (χ3v) is 4.34. The number of sulfonamides is 1. The van der Waals surface area contributed by atoms with Gasteiger partial charge in [0, 0.05) is 12.2 Å². The van der Waals surface area contributed by atoms with Crippen LogP contribution in [0.3, 0.4) is 0 Å². The van der Waals surface area contributed by atoms with E-state index in [2.05, 4.69) is 21.9 Å². The quantitative estimate of drug-likeness (QED) is 0.636. The van der Waals surface area contributed by atoms with Crippen LogP contribution in [-0.2, 0) is 22.3 Å². The van der Waals surface area contributed by atoms with E-state index in [0.29, 0.717) is 17.0 Å². The summed E-state index contributed by atoms with van der Waals surface area (Å²) < 4.78 is 31.1. The Balaban J connectivity index is 1.85. The lowest BCUT2D eigenvalue weighted by atomic mass is 10.2. The Hall–Kier alpha value is -2.58. The molecule has 2 amide bonds. The zero-order valence-corrected chi connectivity index (χ0v) is 13.8. The summed E-state index contributed by atoms with van der Waals surface area (Å²) >= 11 is 0. The van der Waals surface area contributed by atoms with Gasteiger partial charge in [0.15, 0.2) is 0 Å². The van der Waals surface area contributed by atoms with E-state index < -0.39 is 10.0 Å². The van der Waals surface area contributed by atoms with E-state index in [1.165, 1.54) is 12.3 Å². The Morgan fingerprint density at radius 1 is 1.21 bits per heavy atom. The van der Waals surface area contributed by atoms with Crippen LogP contribution in [0.5, 0.6) is 0 Å². The fraction of sp³-hybridized carbons (Fsp3) is 0.188. The van der Waals surface area contributed by atoms with Crippen LogP contribution in [0.1, 0.15) is 11.3 Å². The summed E-state index contributed by atoms with van der Waals surface area (Å²) in [5, 5.41) is 5.31. The number of nitrogens with one attached hydrogen (secondary N) is 3. The van der Waals surface area contributed by atoms with Crippen molar-refractivity contribution in [1.82, 2.24) is 10.0 Å². The van der Waals surface area contributed by atoms with Crippen molar-refractivity contribution in [2.75, 3.05) is 11.9 Å². The molecule has 0 aliphatic carbocycles. The number of hydrogen-bond acceptors (Lipinski definition) is 4. The average molecular weight is 349 g/mol. The van der Waals surface area contributed by atoms with Gasteiger partial charge in [-0.15, -0.1) is 6.58 Å². The van der Waals surface area contributed by atoms with E-state index in [1.54, 1.807) is 36.4 Å². The van der Waals surface area contributed by atoms with Crippen molar-refractivity contribution in [2.45, 2.75) is 12.3 Å². The molecule has 3 N–H and O–H groups in total. The van der Waals surface area contributed by atoms with Gasteiger partial charge in [-0.2, -0.15) is 0 Å². The van der Waals surface area contributed by atoms with Crippen molar-refractivity contribution >= 4 is 21.7 Å². The molecule has 7 nitrogen and oxygen atoms in total. The molecule has 0 radical (unpaired) electrons. The minimum atomic E-state index is -3.40. The van der Waals surface area contributed by atoms with Crippen LogP contribution in [0.15, 0.2) is 59.7 Å². The number of hydrogen-bond donors (Lipinski definition) is 3. The zero-order chi connectivity index (χ0) is 17.4. The van der Waals surface area contributed by atoms with E-state index in [1.807, 2.05) is 0 Å². The number of amides is 2. The molecule has 0 saturated carbocycles. The van der Waals surface area contributed by atoms with E-state index >= 15 is 0 Å². The second-order valence-electron chi connectivity index (χ2n) is 4.98. The molecule has 8 heteroatoms. The molecule has 0 fully saturated rings. The van der Waals surface area contributed by atoms with Gasteiger partial charge >= 0.3 is 6.03 Å². The summed E-state index contributed by atoms with van der Waals surface area (Å²) in [7, 11) is -3.40. The van der Waals surface area contributed by atoms with Crippen LogP contribution in [0.2, 0.25) is 0 Å². The van der Waals surface area contributed by atoms with Crippen LogP contribution >= 0.6 is 0 Å². The first-order valence-electron chi connectivity index (χ1n) is 7.23. The number of benzene rings is 1. The minimum Gasteiger partial charge on any atom is -0.467 e. The molecule has 0 atom stereocenters. The highest BCUT2D eigenvalue weighted by Gasteiger charge is 2.10. The second kappa shape index (κ2) is 8.32. The third kappa shape index (κ3) is 5.90. The number of furan rings is 1. The van der Waals surface area contributed by atoms with Crippen molar-refractivity contribution in [3.05, 3.63) is 66.6 Å². The molecule has 0 spiro atoms. The highest BCUT2D eigenvalue weighted by atomic mass is 32.2. The third-order valence-electron chi connectivity index (χ3n) is 3.02. The number of carbonyl (C=O) groups is 1. The Bertz CT molecular complexity index is 768. The number of carbonyl (C=O) groups excluding carboxylic acids is 1. The van der Waals surface area contributed by atoms with Gasteiger partial charge in [-0.3, -0.25) is 0 Å². The van der Waals surface area contributed by atoms with E-state index in [9.17, 15) is 13.2 Å². The highest BCUT2D eigenvalue weighted by Crippen LogP contribution is 2.12. The van der Waals surface area contributed by atoms with Crippen molar-refractivity contribution in [2.24, 2.45) is 0 Å². The lowest BCUT2D eigenvalue weighted by Crippen LogP contribution is -2.28. The van der Waals surface area contributed by atoms with Gasteiger partial charge in [0.25, 0.3) is 0 Å². The Morgan fingerprint density at radius 3 is 2.58 bits per heavy atom. The summed E-state index contributed by atoms with van der Waals surface area (Å²) in [4.78, 5) is 11.8. The predicted molar refractivity (Wildman–Crippen MR) is 91.8 cm³/mol. The largest absolute Gasteiger partial charge is 0.467 e. The van der Waals surface area contributed by atoms with Crippen LogP contribution in [-0.4, -0.2) is 21.0 Å². The van der Waals surface area contributed by atoms with Crippen LogP contribution in [0, 0.1) is 0 Å². The molecule has 0 aliphatic heterocycles. The standard InChI is InChI=1S/C16H19N3O4S/c1-2-9-18-24(21,22)12-13-5-7-14(8-6-13)19-16(20)17-11-15-4-3-10-23-15/h2-8,10,18H,1,9,11-12H2,(H2,17,19,20). The number of urea groups is 1. The average Bonchev–Trinajstić information content (AvgIpc) is 3.06. The molecule has 128 valence electrons. The Kier molecular flexibility index (Phi) is 6.16. The van der Waals surface area contributed by atoms with Crippen molar-refractivity contribution in [1.29, 1.82) is 0 Å². The molecule has 24 heavy (non-hydrogen) atoms. The van der Waals surface area contributed by atoms with Crippen LogP contribution in [0.4, 0.5) is 10.5 Å². The molecule has 0 aliphatic rings. The van der Waals surface area contributed by atoms with Crippen LogP contribution < -0.4 is 15.4 Å². The molecule has 2 rings (SSSR count). The first kappa shape index (κ1) is 17.8. The summed E-state index contributed by atoms with van der Waals surface area (Å²) in [6.07, 6.45) is 3.01. The summed E-state index contributed by atoms with van der Waals surface area (Å²) in [5.74, 6) is 0.518. The summed E-state index contributed by atoms with van der Waals surface area (Å²) in [6, 6.07) is 9.71. The molecule has 2 aromatic rings. The van der Waals surface area contributed by atoms with Crippen molar-refractivity contribution < 1.29 is 17.6 Å². The Labute approximate surface area is 140 Å². The first-order valence-corrected chi connectivity index (χ1v) is 8.88. The molecular weight excluding hydrogens is 330 g/mol. The number of rotatable bonds is 8. The van der Waals surface area contributed by atoms with Gasteiger partial charge in [0.2, 0.25) is 10.0 Å². The fourth-order valence-corrected chi connectivity index (χ4v) is 3.00. The molecule has 1 aromatic carbocycles. The van der Waals surface area contributed by atoms with E-state index in [4.69, 9.17) is 4.42 Å².